The molecule has 1 saturated heterocycles. The maximum Gasteiger partial charge on any atom is 0.0838 e. The molecule has 0 aromatic heterocycles. The van der Waals surface area contributed by atoms with Gasteiger partial charge in [-0.1, -0.05) is 25.7 Å². The molecule has 1 atom stereocenters. The minimum absolute atomic E-state index is 0.0438. The fraction of sp³-hybridized carbons (Fsp3) is 1.00. The molecule has 0 spiro atoms. The van der Waals surface area contributed by atoms with Gasteiger partial charge in [0.15, 0.2) is 0 Å². The minimum Gasteiger partial charge on any atom is -0.379 e. The van der Waals surface area contributed by atoms with E-state index >= 15 is 0 Å². The van der Waals surface area contributed by atoms with Crippen LogP contribution >= 0.6 is 0 Å². The van der Waals surface area contributed by atoms with E-state index in [-0.39, 0.29) is 11.1 Å². The molecule has 1 unspecified atom stereocenters. The third kappa shape index (κ3) is 5.05. The van der Waals surface area contributed by atoms with Crippen molar-refractivity contribution in [3.05, 3.63) is 0 Å². The van der Waals surface area contributed by atoms with Crippen molar-refractivity contribution >= 4 is 0 Å². The number of hydrogen-bond donors (Lipinski definition) is 1. The molecular weight excluding hydrogens is 238 g/mol. The van der Waals surface area contributed by atoms with E-state index < -0.39 is 0 Å². The van der Waals surface area contributed by atoms with Crippen molar-refractivity contribution in [2.45, 2.75) is 83.0 Å². The van der Waals surface area contributed by atoms with Crippen LogP contribution in [-0.2, 0) is 9.47 Å². The number of nitrogens with one attached hydrogen (secondary N) is 1. The highest BCUT2D eigenvalue weighted by Crippen LogP contribution is 2.33. The molecule has 0 aromatic carbocycles. The second kappa shape index (κ2) is 6.55. The zero-order chi connectivity index (χ0) is 13.8. The largest absolute Gasteiger partial charge is 0.379 e. The Bertz CT molecular complexity index is 258. The summed E-state index contributed by atoms with van der Waals surface area (Å²) in [6.07, 6.45) is 9.12. The molecule has 112 valence electrons. The van der Waals surface area contributed by atoms with Gasteiger partial charge >= 0.3 is 0 Å². The van der Waals surface area contributed by atoms with Crippen LogP contribution in [0.5, 0.6) is 0 Å². The molecule has 1 saturated carbocycles. The van der Waals surface area contributed by atoms with Gasteiger partial charge in [-0.15, -0.1) is 0 Å². The summed E-state index contributed by atoms with van der Waals surface area (Å²) in [6.45, 7) is 9.33. The first-order valence-electron chi connectivity index (χ1n) is 8.00. The lowest BCUT2D eigenvalue weighted by Gasteiger charge is -2.38. The SMILES string of the molecule is CC(C)(C)NCC1(OC2CCOC2)CCCCCC1. The third-order valence-electron chi connectivity index (χ3n) is 4.26. The Labute approximate surface area is 118 Å². The van der Waals surface area contributed by atoms with Crippen molar-refractivity contribution in [1.82, 2.24) is 5.32 Å². The van der Waals surface area contributed by atoms with Gasteiger partial charge in [-0.05, 0) is 40.0 Å². The Hall–Kier alpha value is -0.120. The van der Waals surface area contributed by atoms with Crippen LogP contribution in [0.15, 0.2) is 0 Å². The molecule has 1 aliphatic carbocycles. The van der Waals surface area contributed by atoms with Crippen LogP contribution in [0.25, 0.3) is 0 Å². The maximum absolute atomic E-state index is 6.53. The molecule has 1 aliphatic heterocycles. The van der Waals surface area contributed by atoms with Crippen LogP contribution in [0.1, 0.15) is 65.7 Å². The molecule has 0 amide bonds. The van der Waals surface area contributed by atoms with Gasteiger partial charge in [0.05, 0.1) is 18.3 Å². The molecule has 0 bridgehead atoms. The monoisotopic (exact) mass is 269 g/mol. The van der Waals surface area contributed by atoms with Crippen LogP contribution in [0.4, 0.5) is 0 Å². The molecule has 1 heterocycles. The average Bonchev–Trinajstić information content (AvgIpc) is 2.72. The van der Waals surface area contributed by atoms with Crippen molar-refractivity contribution in [2.75, 3.05) is 19.8 Å². The zero-order valence-corrected chi connectivity index (χ0v) is 13.0. The first-order valence-corrected chi connectivity index (χ1v) is 8.00. The van der Waals surface area contributed by atoms with E-state index in [0.29, 0.717) is 6.10 Å². The van der Waals surface area contributed by atoms with Crippen molar-refractivity contribution in [3.63, 3.8) is 0 Å². The van der Waals surface area contributed by atoms with Gasteiger partial charge in [-0.2, -0.15) is 0 Å². The van der Waals surface area contributed by atoms with E-state index in [9.17, 15) is 0 Å². The quantitative estimate of drug-likeness (QED) is 0.795. The molecular formula is C16H31NO2. The van der Waals surface area contributed by atoms with E-state index in [2.05, 4.69) is 26.1 Å². The summed E-state index contributed by atoms with van der Waals surface area (Å²) < 4.78 is 12.0. The summed E-state index contributed by atoms with van der Waals surface area (Å²) >= 11 is 0. The lowest BCUT2D eigenvalue weighted by molar-refractivity contribution is -0.103. The van der Waals surface area contributed by atoms with Crippen LogP contribution in [-0.4, -0.2) is 37.0 Å². The highest BCUT2D eigenvalue weighted by Gasteiger charge is 2.36. The van der Waals surface area contributed by atoms with Crippen molar-refractivity contribution < 1.29 is 9.47 Å². The summed E-state index contributed by atoms with van der Waals surface area (Å²) in [7, 11) is 0. The van der Waals surface area contributed by atoms with Crippen molar-refractivity contribution in [1.29, 1.82) is 0 Å². The highest BCUT2D eigenvalue weighted by atomic mass is 16.6. The summed E-state index contributed by atoms with van der Waals surface area (Å²) in [5.41, 5.74) is 0.205. The maximum atomic E-state index is 6.53. The lowest BCUT2D eigenvalue weighted by Crippen LogP contribution is -2.50. The van der Waals surface area contributed by atoms with Gasteiger partial charge in [-0.25, -0.2) is 0 Å². The van der Waals surface area contributed by atoms with E-state index in [1.54, 1.807) is 0 Å². The highest BCUT2D eigenvalue weighted by molar-refractivity contribution is 4.89. The summed E-state index contributed by atoms with van der Waals surface area (Å²) in [6, 6.07) is 0. The molecule has 1 N–H and O–H groups in total. The smallest absolute Gasteiger partial charge is 0.0838 e. The average molecular weight is 269 g/mol. The van der Waals surface area contributed by atoms with Crippen LogP contribution < -0.4 is 5.32 Å². The topological polar surface area (TPSA) is 30.5 Å². The van der Waals surface area contributed by atoms with Crippen LogP contribution in [0.2, 0.25) is 0 Å². The standard InChI is InChI=1S/C16H31NO2/c1-15(2,3)17-13-16(9-6-4-5-7-10-16)19-14-8-11-18-12-14/h14,17H,4-13H2,1-3H3. The van der Waals surface area contributed by atoms with Gasteiger partial charge in [-0.3, -0.25) is 0 Å². The molecule has 2 aliphatic rings. The van der Waals surface area contributed by atoms with E-state index in [4.69, 9.17) is 9.47 Å². The predicted molar refractivity (Wildman–Crippen MR) is 78.5 cm³/mol. The summed E-state index contributed by atoms with van der Waals surface area (Å²) in [4.78, 5) is 0. The zero-order valence-electron chi connectivity index (χ0n) is 13.0. The third-order valence-corrected chi connectivity index (χ3v) is 4.26. The molecule has 2 fully saturated rings. The van der Waals surface area contributed by atoms with Gasteiger partial charge in [0.1, 0.15) is 0 Å². The fourth-order valence-electron chi connectivity index (χ4n) is 3.09. The molecule has 3 nitrogen and oxygen atoms in total. The number of ether oxygens (including phenoxy) is 2. The van der Waals surface area contributed by atoms with E-state index in [0.717, 1.165) is 26.2 Å². The van der Waals surface area contributed by atoms with Gasteiger partial charge < -0.3 is 14.8 Å². The summed E-state index contributed by atoms with van der Waals surface area (Å²) in [5.74, 6) is 0. The molecule has 2 rings (SSSR count). The Kier molecular flexibility index (Phi) is 5.27. The Morgan fingerprint density at radius 1 is 1.16 bits per heavy atom. The molecule has 0 radical (unpaired) electrons. The summed E-state index contributed by atoms with van der Waals surface area (Å²) in [5, 5.41) is 3.67. The second-order valence-electron chi connectivity index (χ2n) is 7.30. The van der Waals surface area contributed by atoms with Gasteiger partial charge in [0.25, 0.3) is 0 Å². The Morgan fingerprint density at radius 2 is 1.84 bits per heavy atom. The first-order chi connectivity index (χ1) is 8.99. The van der Waals surface area contributed by atoms with Crippen LogP contribution in [0.3, 0.4) is 0 Å². The molecule has 19 heavy (non-hydrogen) atoms. The fourth-order valence-corrected chi connectivity index (χ4v) is 3.09. The normalized spacial score (nSPS) is 28.3. The Balaban J connectivity index is 1.97. The lowest BCUT2D eigenvalue weighted by atomic mass is 9.92. The minimum atomic E-state index is 0.0438. The van der Waals surface area contributed by atoms with Crippen molar-refractivity contribution in [3.8, 4) is 0 Å². The van der Waals surface area contributed by atoms with E-state index in [1.807, 2.05) is 0 Å². The van der Waals surface area contributed by atoms with Gasteiger partial charge in [0, 0.05) is 18.7 Å². The molecule has 3 heteroatoms. The van der Waals surface area contributed by atoms with Crippen molar-refractivity contribution in [2.24, 2.45) is 0 Å². The first kappa shape index (κ1) is 15.3. The van der Waals surface area contributed by atoms with E-state index in [1.165, 1.54) is 38.5 Å². The van der Waals surface area contributed by atoms with Gasteiger partial charge in [0.2, 0.25) is 0 Å². The van der Waals surface area contributed by atoms with Crippen LogP contribution in [0, 0.1) is 0 Å². The predicted octanol–water partition coefficient (Wildman–Crippen LogP) is 3.27. The molecule has 0 aromatic rings. The Morgan fingerprint density at radius 3 is 2.37 bits per heavy atom. The number of hydrogen-bond acceptors (Lipinski definition) is 3. The number of rotatable bonds is 4. The second-order valence-corrected chi connectivity index (χ2v) is 7.30.